The maximum Gasteiger partial charge on any atom is 0.268 e. The number of nitrogens with one attached hydrogen (secondary N) is 2. The van der Waals surface area contributed by atoms with E-state index in [1.54, 1.807) is 18.2 Å². The van der Waals surface area contributed by atoms with Gasteiger partial charge >= 0.3 is 0 Å². The third kappa shape index (κ3) is 5.76. The quantitative estimate of drug-likeness (QED) is 0.561. The van der Waals surface area contributed by atoms with Gasteiger partial charge in [-0.15, -0.1) is 0 Å². The summed E-state index contributed by atoms with van der Waals surface area (Å²) < 4.78 is 0. The van der Waals surface area contributed by atoms with E-state index >= 15 is 0 Å². The smallest absolute Gasteiger partial charge is 0.268 e. The molecule has 188 valence electrons. The Labute approximate surface area is 212 Å². The molecule has 36 heavy (non-hydrogen) atoms. The van der Waals surface area contributed by atoms with Crippen LogP contribution in [0.5, 0.6) is 0 Å². The van der Waals surface area contributed by atoms with Crippen molar-refractivity contribution in [1.29, 1.82) is 5.26 Å². The summed E-state index contributed by atoms with van der Waals surface area (Å²) >= 11 is 0. The summed E-state index contributed by atoms with van der Waals surface area (Å²) in [4.78, 5) is 39.8. The average molecular weight is 487 g/mol. The number of carbonyl (C=O) groups excluding carboxylic acids is 3. The Morgan fingerprint density at radius 1 is 1.19 bits per heavy atom. The van der Waals surface area contributed by atoms with E-state index in [4.69, 9.17) is 0 Å². The number of allylic oxidation sites excluding steroid dienone is 4. The Bertz CT molecular complexity index is 1170. The highest BCUT2D eigenvalue weighted by Gasteiger charge is 2.45. The number of piperidine rings is 1. The zero-order valence-electron chi connectivity index (χ0n) is 21.2. The molecular formula is C29H34N4O3. The van der Waals surface area contributed by atoms with Gasteiger partial charge in [0, 0.05) is 30.1 Å². The van der Waals surface area contributed by atoms with E-state index < -0.39 is 11.4 Å². The van der Waals surface area contributed by atoms with Crippen LogP contribution in [0.15, 0.2) is 60.0 Å². The summed E-state index contributed by atoms with van der Waals surface area (Å²) in [5.74, 6) is -0.222. The Balaban J connectivity index is 1.42. The standard InChI is InChI=1S/C29H34N4O3/c1-19(2)16-25(28(36)32-29(18-30)13-14-29)31-27(35)22-9-7-21(8-10-22)24-12-11-23(17-20(24)3)33-15-5-4-6-26(33)34/h7-12,16-17,19-20,24H,4-6,13-15H2,1-3H3,(H,31,35)(H,32,36)/b25-16+. The van der Waals surface area contributed by atoms with E-state index in [1.807, 2.05) is 37.0 Å². The van der Waals surface area contributed by atoms with Gasteiger partial charge in [0.05, 0.1) is 6.07 Å². The molecule has 0 radical (unpaired) electrons. The summed E-state index contributed by atoms with van der Waals surface area (Å²) in [6.07, 6.45) is 11.9. The molecule has 2 unspecified atom stereocenters. The fourth-order valence-electron chi connectivity index (χ4n) is 4.71. The fourth-order valence-corrected chi connectivity index (χ4v) is 4.71. The van der Waals surface area contributed by atoms with Crippen molar-refractivity contribution in [2.75, 3.05) is 6.54 Å². The molecule has 0 bridgehead atoms. The monoisotopic (exact) mass is 486 g/mol. The van der Waals surface area contributed by atoms with Gasteiger partial charge in [-0.25, -0.2) is 0 Å². The van der Waals surface area contributed by atoms with Gasteiger partial charge in [-0.2, -0.15) is 5.26 Å². The van der Waals surface area contributed by atoms with Crippen LogP contribution in [0.3, 0.4) is 0 Å². The van der Waals surface area contributed by atoms with Gasteiger partial charge in [0.15, 0.2) is 0 Å². The largest absolute Gasteiger partial charge is 0.332 e. The first-order valence-corrected chi connectivity index (χ1v) is 12.8. The van der Waals surface area contributed by atoms with Crippen LogP contribution in [-0.2, 0) is 9.59 Å². The molecule has 3 amide bonds. The highest BCUT2D eigenvalue weighted by atomic mass is 16.2. The second-order valence-corrected chi connectivity index (χ2v) is 10.4. The van der Waals surface area contributed by atoms with Gasteiger partial charge in [-0.05, 0) is 61.3 Å². The van der Waals surface area contributed by atoms with Crippen molar-refractivity contribution in [2.45, 2.75) is 64.3 Å². The third-order valence-corrected chi connectivity index (χ3v) is 6.98. The van der Waals surface area contributed by atoms with Gasteiger partial charge < -0.3 is 15.5 Å². The first-order chi connectivity index (χ1) is 17.2. The molecular weight excluding hydrogens is 452 g/mol. The lowest BCUT2D eigenvalue weighted by atomic mass is 9.83. The van der Waals surface area contributed by atoms with E-state index in [0.717, 1.165) is 30.6 Å². The zero-order chi connectivity index (χ0) is 25.9. The van der Waals surface area contributed by atoms with Crippen molar-refractivity contribution in [3.8, 4) is 6.07 Å². The number of hydrogen-bond acceptors (Lipinski definition) is 4. The second-order valence-electron chi connectivity index (χ2n) is 10.4. The molecule has 4 rings (SSSR count). The van der Waals surface area contributed by atoms with Crippen molar-refractivity contribution in [3.63, 3.8) is 0 Å². The minimum Gasteiger partial charge on any atom is -0.332 e. The van der Waals surface area contributed by atoms with E-state index in [-0.39, 0.29) is 35.3 Å². The summed E-state index contributed by atoms with van der Waals surface area (Å²) in [5, 5.41) is 14.8. The number of benzene rings is 1. The maximum absolute atomic E-state index is 12.9. The number of carbonyl (C=O) groups is 3. The first-order valence-electron chi connectivity index (χ1n) is 12.8. The summed E-state index contributed by atoms with van der Waals surface area (Å²) in [7, 11) is 0. The SMILES string of the molecule is CC(C)/C=C(/NC(=O)c1ccc(C2C=CC(N3CCCCC3=O)=CC2C)cc1)C(=O)NC1(C#N)CC1. The molecule has 0 aromatic heterocycles. The predicted octanol–water partition coefficient (Wildman–Crippen LogP) is 4.31. The van der Waals surface area contributed by atoms with Crippen LogP contribution in [0.1, 0.15) is 74.7 Å². The van der Waals surface area contributed by atoms with Crippen LogP contribution in [0.4, 0.5) is 0 Å². The Morgan fingerprint density at radius 3 is 2.50 bits per heavy atom. The van der Waals surface area contributed by atoms with Crippen molar-refractivity contribution in [2.24, 2.45) is 11.8 Å². The lowest BCUT2D eigenvalue weighted by Gasteiger charge is -2.32. The summed E-state index contributed by atoms with van der Waals surface area (Å²) in [6, 6.07) is 9.54. The van der Waals surface area contributed by atoms with Crippen molar-refractivity contribution < 1.29 is 14.4 Å². The molecule has 1 saturated heterocycles. The minimum absolute atomic E-state index is 0.0448. The molecule has 1 aliphatic heterocycles. The predicted molar refractivity (Wildman–Crippen MR) is 137 cm³/mol. The molecule has 3 aliphatic rings. The summed E-state index contributed by atoms with van der Waals surface area (Å²) in [5.41, 5.74) is 1.86. The molecule has 2 N–H and O–H groups in total. The molecule has 2 aliphatic carbocycles. The van der Waals surface area contributed by atoms with Crippen LogP contribution in [0.2, 0.25) is 0 Å². The molecule has 2 atom stereocenters. The zero-order valence-corrected chi connectivity index (χ0v) is 21.2. The number of rotatable bonds is 7. The molecule has 1 heterocycles. The molecule has 7 heteroatoms. The van der Waals surface area contributed by atoms with E-state index in [0.29, 0.717) is 24.8 Å². The fraction of sp³-hybridized carbons (Fsp3) is 0.448. The molecule has 0 spiro atoms. The topological polar surface area (TPSA) is 102 Å². The van der Waals surface area contributed by atoms with Crippen LogP contribution in [0.25, 0.3) is 0 Å². The first kappa shape index (κ1) is 25.4. The Hall–Kier alpha value is -3.66. The van der Waals surface area contributed by atoms with Gasteiger partial charge in [0.25, 0.3) is 11.8 Å². The summed E-state index contributed by atoms with van der Waals surface area (Å²) in [6.45, 7) is 6.76. The molecule has 7 nitrogen and oxygen atoms in total. The molecule has 1 aromatic rings. The lowest BCUT2D eigenvalue weighted by Crippen LogP contribution is -2.41. The number of amides is 3. The van der Waals surface area contributed by atoms with E-state index in [2.05, 4.69) is 35.8 Å². The van der Waals surface area contributed by atoms with Crippen molar-refractivity contribution in [1.82, 2.24) is 15.5 Å². The van der Waals surface area contributed by atoms with Crippen molar-refractivity contribution >= 4 is 17.7 Å². The molecule has 1 aromatic carbocycles. The van der Waals surface area contributed by atoms with Gasteiger partial charge in [-0.3, -0.25) is 14.4 Å². The van der Waals surface area contributed by atoms with Gasteiger partial charge in [-0.1, -0.05) is 51.1 Å². The highest BCUT2D eigenvalue weighted by Crippen LogP contribution is 2.35. The van der Waals surface area contributed by atoms with E-state index in [1.165, 1.54) is 0 Å². The number of nitriles is 1. The second kappa shape index (κ2) is 10.5. The van der Waals surface area contributed by atoms with Crippen LogP contribution >= 0.6 is 0 Å². The van der Waals surface area contributed by atoms with Gasteiger partial charge in [0.1, 0.15) is 11.2 Å². The minimum atomic E-state index is -0.806. The average Bonchev–Trinajstić information content (AvgIpc) is 3.63. The Morgan fingerprint density at radius 2 is 1.92 bits per heavy atom. The van der Waals surface area contributed by atoms with Crippen molar-refractivity contribution in [3.05, 3.63) is 71.1 Å². The van der Waals surface area contributed by atoms with Crippen LogP contribution < -0.4 is 10.6 Å². The van der Waals surface area contributed by atoms with Crippen LogP contribution in [0, 0.1) is 23.2 Å². The number of likely N-dealkylation sites (tertiary alicyclic amines) is 1. The molecule has 1 saturated carbocycles. The lowest BCUT2D eigenvalue weighted by molar-refractivity contribution is -0.131. The third-order valence-electron chi connectivity index (χ3n) is 6.98. The maximum atomic E-state index is 12.9. The molecule has 2 fully saturated rings. The number of hydrogen-bond donors (Lipinski definition) is 2. The normalized spacial score (nSPS) is 23.1. The highest BCUT2D eigenvalue weighted by molar-refractivity contribution is 6.03. The number of nitrogens with zero attached hydrogens (tertiary/aromatic N) is 2. The van der Waals surface area contributed by atoms with Crippen LogP contribution in [-0.4, -0.2) is 34.7 Å². The van der Waals surface area contributed by atoms with Gasteiger partial charge in [0.2, 0.25) is 5.91 Å². The van der Waals surface area contributed by atoms with E-state index in [9.17, 15) is 19.6 Å². The Kier molecular flexibility index (Phi) is 7.44.